The van der Waals surface area contributed by atoms with E-state index in [4.69, 9.17) is 14.4 Å². The molecule has 0 amide bonds. The predicted molar refractivity (Wildman–Crippen MR) is 222 cm³/mol. The zero-order chi connectivity index (χ0) is 34.6. The van der Waals surface area contributed by atoms with E-state index in [1.165, 1.54) is 53.4 Å². The number of hydrogen-bond donors (Lipinski definition) is 0. The summed E-state index contributed by atoms with van der Waals surface area (Å²) < 4.78 is 10.1. The molecule has 0 unspecified atom stereocenters. The van der Waals surface area contributed by atoms with Crippen molar-refractivity contribution in [2.45, 2.75) is 0 Å². The molecular formula is C48H27N3OS. The average Bonchev–Trinajstić information content (AvgIpc) is 3.90. The van der Waals surface area contributed by atoms with Crippen molar-refractivity contribution >= 4 is 97.1 Å². The zero-order valence-electron chi connectivity index (χ0n) is 28.2. The molecule has 246 valence electrons. The largest absolute Gasteiger partial charge is 0.456 e. The number of thiophene rings is 1. The molecule has 0 radical (unpaired) electrons. The Hall–Kier alpha value is -6.82. The predicted octanol–water partition coefficient (Wildman–Crippen LogP) is 13.5. The van der Waals surface area contributed by atoms with Gasteiger partial charge in [-0.2, -0.15) is 0 Å². The SMILES string of the molecule is c1ccc(-n2c3ccccc3c3cc(-c4ccc5oc6cccc(-c7cnc8c(n7)sc7c9ccccc9c9ccccc9c87)c6c5c4)ccc32)cc1. The Morgan fingerprint density at radius 1 is 0.491 bits per heavy atom. The summed E-state index contributed by atoms with van der Waals surface area (Å²) in [4.78, 5) is 11.4. The van der Waals surface area contributed by atoms with E-state index in [1.807, 2.05) is 12.3 Å². The van der Waals surface area contributed by atoms with Crippen molar-refractivity contribution in [3.05, 3.63) is 164 Å². The van der Waals surface area contributed by atoms with E-state index in [0.717, 1.165) is 60.4 Å². The molecule has 12 rings (SSSR count). The molecule has 0 atom stereocenters. The average molecular weight is 694 g/mol. The highest BCUT2D eigenvalue weighted by molar-refractivity contribution is 7.26. The number of furan rings is 1. The van der Waals surface area contributed by atoms with Crippen LogP contribution in [-0.2, 0) is 0 Å². The van der Waals surface area contributed by atoms with E-state index >= 15 is 0 Å². The van der Waals surface area contributed by atoms with Crippen LogP contribution >= 0.6 is 11.3 Å². The number of hydrogen-bond acceptors (Lipinski definition) is 4. The fourth-order valence-electron chi connectivity index (χ4n) is 8.52. The minimum absolute atomic E-state index is 0.839. The quantitative estimate of drug-likeness (QED) is 0.173. The molecular weight excluding hydrogens is 667 g/mol. The second kappa shape index (κ2) is 10.8. The summed E-state index contributed by atoms with van der Waals surface area (Å²) in [6, 6.07) is 56.2. The van der Waals surface area contributed by atoms with Crippen molar-refractivity contribution in [3.63, 3.8) is 0 Å². The van der Waals surface area contributed by atoms with E-state index in [-0.39, 0.29) is 0 Å². The first kappa shape index (κ1) is 28.8. The van der Waals surface area contributed by atoms with Crippen molar-refractivity contribution in [1.29, 1.82) is 0 Å². The molecule has 0 saturated heterocycles. The first-order valence-corrected chi connectivity index (χ1v) is 18.6. The lowest BCUT2D eigenvalue weighted by molar-refractivity contribution is 0.669. The van der Waals surface area contributed by atoms with Gasteiger partial charge in [0, 0.05) is 48.3 Å². The summed E-state index contributed by atoms with van der Waals surface area (Å²) in [7, 11) is 0. The summed E-state index contributed by atoms with van der Waals surface area (Å²) in [6.07, 6.45) is 1.94. The zero-order valence-corrected chi connectivity index (χ0v) is 29.1. The first-order chi connectivity index (χ1) is 26.3. The fourth-order valence-corrected chi connectivity index (χ4v) is 9.70. The normalized spacial score (nSPS) is 12.2. The van der Waals surface area contributed by atoms with Crippen LogP contribution in [0.25, 0.3) is 114 Å². The summed E-state index contributed by atoms with van der Waals surface area (Å²) in [6.45, 7) is 0. The van der Waals surface area contributed by atoms with Crippen LogP contribution in [0.5, 0.6) is 0 Å². The third kappa shape index (κ3) is 4.11. The van der Waals surface area contributed by atoms with E-state index < -0.39 is 0 Å². The molecule has 5 heteroatoms. The summed E-state index contributed by atoms with van der Waals surface area (Å²) >= 11 is 1.73. The topological polar surface area (TPSA) is 43.9 Å². The maximum Gasteiger partial charge on any atom is 0.143 e. The van der Waals surface area contributed by atoms with Gasteiger partial charge in [0.05, 0.1) is 22.9 Å². The smallest absolute Gasteiger partial charge is 0.143 e. The van der Waals surface area contributed by atoms with E-state index in [2.05, 4.69) is 156 Å². The molecule has 53 heavy (non-hydrogen) atoms. The molecule has 12 aromatic rings. The highest BCUT2D eigenvalue weighted by Crippen LogP contribution is 2.44. The molecule has 0 aliphatic heterocycles. The van der Waals surface area contributed by atoms with Crippen LogP contribution in [0.4, 0.5) is 0 Å². The van der Waals surface area contributed by atoms with Gasteiger partial charge in [-0.25, -0.2) is 4.98 Å². The molecule has 0 bridgehead atoms. The van der Waals surface area contributed by atoms with Gasteiger partial charge in [-0.05, 0) is 75.8 Å². The minimum atomic E-state index is 0.839. The van der Waals surface area contributed by atoms with Crippen LogP contribution in [0.2, 0.25) is 0 Å². The maximum atomic E-state index is 6.47. The number of benzene rings is 8. The molecule has 0 aliphatic carbocycles. The lowest BCUT2D eigenvalue weighted by Crippen LogP contribution is -1.92. The number of para-hydroxylation sites is 2. The molecule has 8 aromatic carbocycles. The van der Waals surface area contributed by atoms with Crippen LogP contribution < -0.4 is 0 Å². The molecule has 0 saturated carbocycles. The molecule has 0 N–H and O–H groups in total. The molecule has 0 fully saturated rings. The first-order valence-electron chi connectivity index (χ1n) is 17.8. The highest BCUT2D eigenvalue weighted by atomic mass is 32.1. The van der Waals surface area contributed by atoms with Gasteiger partial charge in [-0.3, -0.25) is 4.98 Å². The Balaban J connectivity index is 1.04. The van der Waals surface area contributed by atoms with E-state index in [1.54, 1.807) is 11.3 Å². The Morgan fingerprint density at radius 3 is 2.02 bits per heavy atom. The van der Waals surface area contributed by atoms with Crippen LogP contribution in [0.3, 0.4) is 0 Å². The highest BCUT2D eigenvalue weighted by Gasteiger charge is 2.20. The standard InChI is InChI=1S/C48H27N3OS/c1-2-11-30(12-3-1)51-40-19-9-8-15-33(40)37-25-28(21-23-41(37)51)29-22-24-42-38(26-29)44-36(18-10-20-43(44)52-42)39-27-49-46-45-34-16-6-4-13-31(34)32-14-5-7-17-35(32)47(45)53-48(46)50-39/h1-27H. The second-order valence-corrected chi connectivity index (χ2v) is 14.7. The van der Waals surface area contributed by atoms with Crippen molar-refractivity contribution in [2.75, 3.05) is 0 Å². The molecule has 4 nitrogen and oxygen atoms in total. The lowest BCUT2D eigenvalue weighted by atomic mass is 9.98. The van der Waals surface area contributed by atoms with Gasteiger partial charge >= 0.3 is 0 Å². The van der Waals surface area contributed by atoms with E-state index in [0.29, 0.717) is 0 Å². The molecule has 4 heterocycles. The van der Waals surface area contributed by atoms with Crippen LogP contribution in [0.1, 0.15) is 0 Å². The van der Waals surface area contributed by atoms with Gasteiger partial charge in [0.15, 0.2) is 0 Å². The van der Waals surface area contributed by atoms with Crippen molar-refractivity contribution in [2.24, 2.45) is 0 Å². The maximum absolute atomic E-state index is 6.47. The van der Waals surface area contributed by atoms with Crippen molar-refractivity contribution in [1.82, 2.24) is 14.5 Å². The summed E-state index contributed by atoms with van der Waals surface area (Å²) in [5.74, 6) is 0. The number of rotatable bonds is 3. The summed E-state index contributed by atoms with van der Waals surface area (Å²) in [5.41, 5.74) is 10.3. The Morgan fingerprint density at radius 2 is 1.17 bits per heavy atom. The molecule has 0 aliphatic rings. The van der Waals surface area contributed by atoms with Gasteiger partial charge in [0.25, 0.3) is 0 Å². The van der Waals surface area contributed by atoms with Gasteiger partial charge < -0.3 is 8.98 Å². The second-order valence-electron chi connectivity index (χ2n) is 13.7. The Kier molecular flexibility index (Phi) is 5.90. The third-order valence-electron chi connectivity index (χ3n) is 10.9. The fraction of sp³-hybridized carbons (Fsp3) is 0. The minimum Gasteiger partial charge on any atom is -0.456 e. The molecule has 4 aromatic heterocycles. The Bertz CT molecular complexity index is 3460. The monoisotopic (exact) mass is 693 g/mol. The van der Waals surface area contributed by atoms with Gasteiger partial charge in [-0.15, -0.1) is 11.3 Å². The number of fused-ring (bicyclic) bond motifs is 14. The number of nitrogens with zero attached hydrogens (tertiary/aromatic N) is 3. The van der Waals surface area contributed by atoms with Gasteiger partial charge in [-0.1, -0.05) is 109 Å². The molecule has 0 spiro atoms. The van der Waals surface area contributed by atoms with Crippen molar-refractivity contribution in [3.8, 4) is 28.1 Å². The van der Waals surface area contributed by atoms with Crippen LogP contribution in [0, 0.1) is 0 Å². The van der Waals surface area contributed by atoms with Gasteiger partial charge in [0.1, 0.15) is 21.5 Å². The van der Waals surface area contributed by atoms with Gasteiger partial charge in [0.2, 0.25) is 0 Å². The van der Waals surface area contributed by atoms with Crippen molar-refractivity contribution < 1.29 is 4.42 Å². The number of aromatic nitrogens is 3. The van der Waals surface area contributed by atoms with Crippen LogP contribution in [0.15, 0.2) is 168 Å². The Labute approximate surface area is 306 Å². The van der Waals surface area contributed by atoms with Crippen LogP contribution in [-0.4, -0.2) is 14.5 Å². The summed E-state index contributed by atoms with van der Waals surface area (Å²) in [5, 5.41) is 10.7. The third-order valence-corrected chi connectivity index (χ3v) is 12.0. The lowest BCUT2D eigenvalue weighted by Gasteiger charge is -2.08. The van der Waals surface area contributed by atoms with E-state index in [9.17, 15) is 0 Å².